The Morgan fingerprint density at radius 1 is 1.06 bits per heavy atom. The lowest BCUT2D eigenvalue weighted by atomic mass is 10.1. The van der Waals surface area contributed by atoms with E-state index in [4.69, 9.17) is 9.15 Å². The number of aliphatic imine (C=N–C) groups is 1. The van der Waals surface area contributed by atoms with E-state index in [1.54, 1.807) is 13.3 Å². The van der Waals surface area contributed by atoms with Crippen LogP contribution in [0.2, 0.25) is 0 Å². The number of guanidine groups is 1. The Hall–Kier alpha value is -3.08. The Morgan fingerprint density at radius 2 is 1.71 bits per heavy atom. The Labute approximate surface area is 217 Å². The predicted molar refractivity (Wildman–Crippen MR) is 144 cm³/mol. The van der Waals surface area contributed by atoms with Gasteiger partial charge >= 0.3 is 6.09 Å². The van der Waals surface area contributed by atoms with E-state index in [0.717, 1.165) is 16.8 Å². The van der Waals surface area contributed by atoms with Crippen molar-refractivity contribution in [3.8, 4) is 11.5 Å². The number of hydrogen-bond donors (Lipinski definition) is 3. The number of carbonyl (C=O) groups excluding carboxylic acids is 1. The highest BCUT2D eigenvalue weighted by Gasteiger charge is 2.21. The van der Waals surface area contributed by atoms with Crippen LogP contribution in [-0.4, -0.2) is 36.2 Å². The SMILES string of the molecule is CN=C(NCc1coc(-c2ccccc2)n1)NCC(NC(=O)OC(C)(C)C)c1ccccc1.I. The highest BCUT2D eigenvalue weighted by Crippen LogP contribution is 2.18. The van der Waals surface area contributed by atoms with Crippen LogP contribution in [-0.2, 0) is 11.3 Å². The van der Waals surface area contributed by atoms with Crippen molar-refractivity contribution in [2.24, 2.45) is 4.99 Å². The molecule has 0 aliphatic carbocycles. The van der Waals surface area contributed by atoms with Crippen molar-refractivity contribution in [3.63, 3.8) is 0 Å². The molecule has 0 saturated heterocycles. The summed E-state index contributed by atoms with van der Waals surface area (Å²) in [6.45, 7) is 6.35. The number of ether oxygens (including phenoxy) is 1. The Kier molecular flexibility index (Phi) is 10.4. The van der Waals surface area contributed by atoms with Crippen molar-refractivity contribution in [3.05, 3.63) is 78.2 Å². The standard InChI is InChI=1S/C25H31N5O3.HI/c1-25(2,3)33-24(31)30-21(18-11-7-5-8-12-18)16-28-23(26-4)27-15-20-17-32-22(29-20)19-13-9-6-10-14-19;/h5-14,17,21H,15-16H2,1-4H3,(H,30,31)(H2,26,27,28);1H. The highest BCUT2D eigenvalue weighted by atomic mass is 127. The Bertz CT molecular complexity index is 1050. The summed E-state index contributed by atoms with van der Waals surface area (Å²) in [5, 5.41) is 9.41. The minimum Gasteiger partial charge on any atom is -0.444 e. The van der Waals surface area contributed by atoms with Crippen LogP contribution in [0.5, 0.6) is 0 Å². The fraction of sp³-hybridized carbons (Fsp3) is 0.320. The molecule has 3 rings (SSSR count). The molecule has 8 nitrogen and oxygen atoms in total. The molecule has 1 atom stereocenters. The van der Waals surface area contributed by atoms with E-state index >= 15 is 0 Å². The zero-order chi connectivity index (χ0) is 23.7. The first-order valence-electron chi connectivity index (χ1n) is 10.8. The zero-order valence-corrected chi connectivity index (χ0v) is 22.2. The summed E-state index contributed by atoms with van der Waals surface area (Å²) < 4.78 is 11.0. The maximum atomic E-state index is 12.4. The summed E-state index contributed by atoms with van der Waals surface area (Å²) in [6, 6.07) is 19.1. The fourth-order valence-electron chi connectivity index (χ4n) is 3.08. The number of nitrogens with zero attached hydrogens (tertiary/aromatic N) is 2. The lowest BCUT2D eigenvalue weighted by Gasteiger charge is -2.24. The summed E-state index contributed by atoms with van der Waals surface area (Å²) in [4.78, 5) is 21.1. The molecule has 0 radical (unpaired) electrons. The van der Waals surface area contributed by atoms with Gasteiger partial charge in [-0.1, -0.05) is 48.5 Å². The topological polar surface area (TPSA) is 101 Å². The van der Waals surface area contributed by atoms with E-state index in [-0.39, 0.29) is 30.0 Å². The summed E-state index contributed by atoms with van der Waals surface area (Å²) in [7, 11) is 1.69. The number of carbonyl (C=O) groups is 1. The van der Waals surface area contributed by atoms with E-state index in [1.165, 1.54) is 0 Å². The first-order valence-corrected chi connectivity index (χ1v) is 10.8. The lowest BCUT2D eigenvalue weighted by molar-refractivity contribution is 0.0504. The van der Waals surface area contributed by atoms with Gasteiger partial charge in [-0.15, -0.1) is 24.0 Å². The summed E-state index contributed by atoms with van der Waals surface area (Å²) in [5.74, 6) is 1.15. The second-order valence-corrected chi connectivity index (χ2v) is 8.43. The quantitative estimate of drug-likeness (QED) is 0.210. The molecule has 0 bridgehead atoms. The van der Waals surface area contributed by atoms with Crippen LogP contribution in [0.1, 0.15) is 38.1 Å². The average molecular weight is 577 g/mol. The minimum absolute atomic E-state index is 0. The predicted octanol–water partition coefficient (Wildman–Crippen LogP) is 4.89. The van der Waals surface area contributed by atoms with Gasteiger partial charge in [-0.3, -0.25) is 4.99 Å². The maximum Gasteiger partial charge on any atom is 0.408 e. The summed E-state index contributed by atoms with van der Waals surface area (Å²) >= 11 is 0. The maximum absolute atomic E-state index is 12.4. The average Bonchev–Trinajstić information content (AvgIpc) is 3.27. The first-order chi connectivity index (χ1) is 15.8. The van der Waals surface area contributed by atoms with Crippen LogP contribution in [0.25, 0.3) is 11.5 Å². The minimum atomic E-state index is -0.577. The molecule has 3 aromatic rings. The molecule has 0 saturated carbocycles. The number of hydrogen-bond acceptors (Lipinski definition) is 5. The molecular weight excluding hydrogens is 545 g/mol. The van der Waals surface area contributed by atoms with E-state index in [0.29, 0.717) is 24.9 Å². The third kappa shape index (κ3) is 8.69. The number of oxazole rings is 1. The van der Waals surface area contributed by atoms with E-state index < -0.39 is 11.7 Å². The van der Waals surface area contributed by atoms with E-state index in [1.807, 2.05) is 81.4 Å². The van der Waals surface area contributed by atoms with Gasteiger partial charge in [-0.25, -0.2) is 9.78 Å². The third-order valence-corrected chi connectivity index (χ3v) is 4.60. The molecule has 3 N–H and O–H groups in total. The monoisotopic (exact) mass is 577 g/mol. The normalized spacial score (nSPS) is 12.3. The highest BCUT2D eigenvalue weighted by molar-refractivity contribution is 14.0. The molecule has 182 valence electrons. The van der Waals surface area contributed by atoms with Crippen molar-refractivity contribution in [2.75, 3.05) is 13.6 Å². The van der Waals surface area contributed by atoms with Gasteiger partial charge in [0.15, 0.2) is 5.96 Å². The van der Waals surface area contributed by atoms with Gasteiger partial charge in [0, 0.05) is 19.2 Å². The lowest BCUT2D eigenvalue weighted by Crippen LogP contribution is -2.44. The van der Waals surface area contributed by atoms with Gasteiger partial charge in [-0.05, 0) is 38.5 Å². The van der Waals surface area contributed by atoms with Crippen LogP contribution in [0.4, 0.5) is 4.79 Å². The van der Waals surface area contributed by atoms with Gasteiger partial charge in [0.05, 0.1) is 18.3 Å². The van der Waals surface area contributed by atoms with Crippen LogP contribution < -0.4 is 16.0 Å². The number of aromatic nitrogens is 1. The van der Waals surface area contributed by atoms with Gasteiger partial charge in [0.25, 0.3) is 0 Å². The molecule has 34 heavy (non-hydrogen) atoms. The molecule has 1 heterocycles. The van der Waals surface area contributed by atoms with Crippen molar-refractivity contribution < 1.29 is 13.9 Å². The largest absolute Gasteiger partial charge is 0.444 e. The van der Waals surface area contributed by atoms with Crippen LogP contribution >= 0.6 is 24.0 Å². The smallest absolute Gasteiger partial charge is 0.408 e. The molecule has 0 spiro atoms. The van der Waals surface area contributed by atoms with Crippen molar-refractivity contribution in [1.29, 1.82) is 0 Å². The van der Waals surface area contributed by atoms with Crippen molar-refractivity contribution >= 4 is 36.0 Å². The van der Waals surface area contributed by atoms with Crippen molar-refractivity contribution in [1.82, 2.24) is 20.9 Å². The summed E-state index contributed by atoms with van der Waals surface area (Å²) in [5.41, 5.74) is 2.05. The molecule has 1 amide bonds. The van der Waals surface area contributed by atoms with Crippen LogP contribution in [0, 0.1) is 0 Å². The van der Waals surface area contributed by atoms with Gasteiger partial charge in [0.1, 0.15) is 11.9 Å². The molecule has 2 aromatic carbocycles. The number of amides is 1. The fourth-order valence-corrected chi connectivity index (χ4v) is 3.08. The van der Waals surface area contributed by atoms with E-state index in [2.05, 4.69) is 25.9 Å². The molecule has 9 heteroatoms. The van der Waals surface area contributed by atoms with Crippen molar-refractivity contribution in [2.45, 2.75) is 39.0 Å². The zero-order valence-electron chi connectivity index (χ0n) is 19.9. The number of alkyl carbamates (subject to hydrolysis) is 1. The Morgan fingerprint density at radius 3 is 2.32 bits per heavy atom. The molecule has 1 aromatic heterocycles. The molecule has 0 fully saturated rings. The van der Waals surface area contributed by atoms with Crippen LogP contribution in [0.15, 0.2) is 76.3 Å². The Balaban J connectivity index is 0.00000408. The number of benzene rings is 2. The summed E-state index contributed by atoms with van der Waals surface area (Å²) in [6.07, 6.45) is 1.15. The third-order valence-electron chi connectivity index (χ3n) is 4.60. The number of rotatable bonds is 7. The number of nitrogens with one attached hydrogen (secondary N) is 3. The molecular formula is C25H32IN5O3. The molecule has 0 aliphatic rings. The second kappa shape index (κ2) is 13.0. The van der Waals surface area contributed by atoms with E-state index in [9.17, 15) is 4.79 Å². The second-order valence-electron chi connectivity index (χ2n) is 8.43. The first kappa shape index (κ1) is 27.2. The number of halogens is 1. The van der Waals surface area contributed by atoms with Crippen LogP contribution in [0.3, 0.4) is 0 Å². The molecule has 0 aliphatic heterocycles. The molecule has 1 unspecified atom stereocenters. The van der Waals surface area contributed by atoms with Gasteiger partial charge in [0.2, 0.25) is 5.89 Å². The van der Waals surface area contributed by atoms with Gasteiger partial charge in [-0.2, -0.15) is 0 Å². The van der Waals surface area contributed by atoms with Gasteiger partial charge < -0.3 is 25.1 Å².